The molecule has 24 heavy (non-hydrogen) atoms. The lowest BCUT2D eigenvalue weighted by molar-refractivity contribution is -0.136. The molecule has 1 heterocycles. The monoisotopic (exact) mass is 355 g/mol. The van der Waals surface area contributed by atoms with Gasteiger partial charge in [-0.15, -0.1) is 0 Å². The van der Waals surface area contributed by atoms with Crippen molar-refractivity contribution in [3.63, 3.8) is 0 Å². The van der Waals surface area contributed by atoms with Crippen LogP contribution in [0.5, 0.6) is 0 Å². The molecule has 0 radical (unpaired) electrons. The highest BCUT2D eigenvalue weighted by Crippen LogP contribution is 2.12. The maximum absolute atomic E-state index is 11.8. The summed E-state index contributed by atoms with van der Waals surface area (Å²) < 4.78 is 22.3. The van der Waals surface area contributed by atoms with Gasteiger partial charge in [0.2, 0.25) is 10.0 Å². The lowest BCUT2D eigenvalue weighted by Crippen LogP contribution is -2.47. The van der Waals surface area contributed by atoms with Crippen LogP contribution in [0.15, 0.2) is 29.2 Å². The van der Waals surface area contributed by atoms with Crippen LogP contribution in [0.3, 0.4) is 0 Å². The quantitative estimate of drug-likeness (QED) is 0.465. The minimum absolute atomic E-state index is 0.0685. The Morgan fingerprint density at radius 2 is 1.75 bits per heavy atom. The van der Waals surface area contributed by atoms with Gasteiger partial charge in [0, 0.05) is 45.0 Å². The van der Waals surface area contributed by atoms with Gasteiger partial charge in [-0.3, -0.25) is 14.5 Å². The number of hydrogen-bond acceptors (Lipinski definition) is 6. The molecule has 1 saturated heterocycles. The van der Waals surface area contributed by atoms with E-state index in [0.29, 0.717) is 18.8 Å². The van der Waals surface area contributed by atoms with Gasteiger partial charge in [-0.1, -0.05) is 0 Å². The molecule has 0 aromatic heterocycles. The largest absolute Gasteiger partial charge is 0.347 e. The zero-order valence-electron chi connectivity index (χ0n) is 13.1. The molecule has 2 rings (SSSR count). The van der Waals surface area contributed by atoms with E-state index >= 15 is 0 Å². The van der Waals surface area contributed by atoms with Crippen molar-refractivity contribution in [1.29, 1.82) is 0 Å². The Labute approximate surface area is 140 Å². The molecule has 9 nitrogen and oxygen atoms in total. The molecule has 1 aliphatic rings. The highest BCUT2D eigenvalue weighted by atomic mass is 32.2. The number of hydrogen-bond donors (Lipinski definition) is 4. The number of rotatable bonds is 5. The van der Waals surface area contributed by atoms with Gasteiger partial charge < -0.3 is 16.0 Å². The van der Waals surface area contributed by atoms with Crippen molar-refractivity contribution in [2.45, 2.75) is 4.90 Å². The summed E-state index contributed by atoms with van der Waals surface area (Å²) in [5.41, 5.74) is 0.310. The third kappa shape index (κ3) is 5.57. The first-order valence-corrected chi connectivity index (χ1v) is 9.06. The number of nitrogens with two attached hydrogens (primary N) is 1. The van der Waals surface area contributed by atoms with Gasteiger partial charge in [-0.2, -0.15) is 0 Å². The van der Waals surface area contributed by atoms with Crippen molar-refractivity contribution in [1.82, 2.24) is 15.5 Å². The fraction of sp³-hybridized carbons (Fsp3) is 0.429. The molecule has 2 amide bonds. The smallest absolute Gasteiger partial charge is 0.313 e. The summed E-state index contributed by atoms with van der Waals surface area (Å²) >= 11 is 0. The van der Waals surface area contributed by atoms with E-state index in [1.807, 2.05) is 0 Å². The van der Waals surface area contributed by atoms with Gasteiger partial charge in [0.1, 0.15) is 0 Å². The van der Waals surface area contributed by atoms with E-state index in [1.54, 1.807) is 0 Å². The van der Waals surface area contributed by atoms with E-state index in [9.17, 15) is 18.0 Å². The summed E-state index contributed by atoms with van der Waals surface area (Å²) in [4.78, 5) is 25.7. The van der Waals surface area contributed by atoms with Crippen LogP contribution in [-0.2, 0) is 19.6 Å². The lowest BCUT2D eigenvalue weighted by atomic mass is 10.3. The summed E-state index contributed by atoms with van der Waals surface area (Å²) in [6.07, 6.45) is 0. The highest BCUT2D eigenvalue weighted by Gasteiger charge is 2.15. The summed E-state index contributed by atoms with van der Waals surface area (Å²) in [5.74, 6) is -1.54. The first kappa shape index (κ1) is 18.3. The van der Waals surface area contributed by atoms with Gasteiger partial charge >= 0.3 is 11.8 Å². The van der Waals surface area contributed by atoms with Crippen LogP contribution >= 0.6 is 0 Å². The molecule has 0 spiro atoms. The second-order valence-electron chi connectivity index (χ2n) is 5.37. The third-order valence-corrected chi connectivity index (χ3v) is 4.50. The first-order valence-electron chi connectivity index (χ1n) is 7.51. The summed E-state index contributed by atoms with van der Waals surface area (Å²) in [6, 6.07) is 5.25. The van der Waals surface area contributed by atoms with Crippen molar-refractivity contribution < 1.29 is 18.0 Å². The van der Waals surface area contributed by atoms with Gasteiger partial charge in [0.25, 0.3) is 0 Å². The number of nitrogens with zero attached hydrogens (tertiary/aromatic N) is 1. The molecular formula is C14H21N5O4S. The second-order valence-corrected chi connectivity index (χ2v) is 6.93. The maximum Gasteiger partial charge on any atom is 0.313 e. The van der Waals surface area contributed by atoms with Crippen molar-refractivity contribution in [3.8, 4) is 0 Å². The number of amides is 2. The minimum Gasteiger partial charge on any atom is -0.347 e. The molecule has 5 N–H and O–H groups in total. The molecule has 1 fully saturated rings. The molecule has 0 atom stereocenters. The summed E-state index contributed by atoms with van der Waals surface area (Å²) in [6.45, 7) is 4.74. The predicted molar refractivity (Wildman–Crippen MR) is 88.8 cm³/mol. The van der Waals surface area contributed by atoms with E-state index in [0.717, 1.165) is 26.2 Å². The molecule has 10 heteroatoms. The standard InChI is InChI=1S/C14H21N5O4S/c15-24(22,23)12-3-1-11(2-4-12)18-14(21)13(20)17-7-10-19-8-5-16-6-9-19/h1-4,16H,5-10H2,(H,17,20)(H,18,21)(H2,15,22,23). The average Bonchev–Trinajstić information content (AvgIpc) is 2.55. The Hall–Kier alpha value is -2.01. The van der Waals surface area contributed by atoms with Crippen molar-refractivity contribution in [2.24, 2.45) is 5.14 Å². The zero-order chi connectivity index (χ0) is 17.6. The molecular weight excluding hydrogens is 334 g/mol. The molecule has 0 unspecified atom stereocenters. The maximum atomic E-state index is 11.8. The van der Waals surface area contributed by atoms with Crippen LogP contribution in [0.25, 0.3) is 0 Å². The van der Waals surface area contributed by atoms with E-state index in [4.69, 9.17) is 5.14 Å². The first-order chi connectivity index (χ1) is 11.4. The molecule has 1 aromatic carbocycles. The number of sulfonamides is 1. The second kappa shape index (κ2) is 8.20. The Balaban J connectivity index is 1.77. The molecule has 1 aromatic rings. The summed E-state index contributed by atoms with van der Waals surface area (Å²) in [5, 5.41) is 13.2. The highest BCUT2D eigenvalue weighted by molar-refractivity contribution is 7.89. The van der Waals surface area contributed by atoms with Crippen molar-refractivity contribution in [2.75, 3.05) is 44.6 Å². The van der Waals surface area contributed by atoms with Gasteiger partial charge in [-0.25, -0.2) is 13.6 Å². The fourth-order valence-electron chi connectivity index (χ4n) is 2.26. The number of piperazine rings is 1. The Morgan fingerprint density at radius 1 is 1.12 bits per heavy atom. The van der Waals surface area contributed by atoms with E-state index in [-0.39, 0.29) is 4.90 Å². The molecule has 0 bridgehead atoms. The number of nitrogens with one attached hydrogen (secondary N) is 3. The van der Waals surface area contributed by atoms with Gasteiger partial charge in [0.15, 0.2) is 0 Å². The van der Waals surface area contributed by atoms with Crippen molar-refractivity contribution in [3.05, 3.63) is 24.3 Å². The third-order valence-electron chi connectivity index (χ3n) is 3.57. The number of anilines is 1. The van der Waals surface area contributed by atoms with Gasteiger partial charge in [-0.05, 0) is 24.3 Å². The zero-order valence-corrected chi connectivity index (χ0v) is 13.9. The molecule has 132 valence electrons. The van der Waals surface area contributed by atoms with E-state index < -0.39 is 21.8 Å². The average molecular weight is 355 g/mol. The predicted octanol–water partition coefficient (Wildman–Crippen LogP) is -1.71. The summed E-state index contributed by atoms with van der Waals surface area (Å²) in [7, 11) is -3.79. The minimum atomic E-state index is -3.79. The van der Waals surface area contributed by atoms with Crippen molar-refractivity contribution >= 4 is 27.5 Å². The van der Waals surface area contributed by atoms with Crippen LogP contribution < -0.4 is 21.1 Å². The number of benzene rings is 1. The number of primary sulfonamides is 1. The molecule has 0 aliphatic carbocycles. The fourth-order valence-corrected chi connectivity index (χ4v) is 2.77. The van der Waals surface area contributed by atoms with E-state index in [1.165, 1.54) is 24.3 Å². The molecule has 1 aliphatic heterocycles. The normalized spacial score (nSPS) is 15.7. The van der Waals surface area contributed by atoms with Crippen LogP contribution in [0, 0.1) is 0 Å². The Bertz CT molecular complexity index is 684. The van der Waals surface area contributed by atoms with Gasteiger partial charge in [0.05, 0.1) is 4.90 Å². The van der Waals surface area contributed by atoms with Crippen LogP contribution in [0.1, 0.15) is 0 Å². The van der Waals surface area contributed by atoms with Crippen LogP contribution in [0.4, 0.5) is 5.69 Å². The number of carbonyl (C=O) groups is 2. The van der Waals surface area contributed by atoms with E-state index in [2.05, 4.69) is 20.9 Å². The van der Waals surface area contributed by atoms with Crippen LogP contribution in [0.2, 0.25) is 0 Å². The van der Waals surface area contributed by atoms with Crippen LogP contribution in [-0.4, -0.2) is 64.4 Å². The molecule has 0 saturated carbocycles. The lowest BCUT2D eigenvalue weighted by Gasteiger charge is -2.26. The SMILES string of the molecule is NS(=O)(=O)c1ccc(NC(=O)C(=O)NCCN2CCNCC2)cc1. The topological polar surface area (TPSA) is 134 Å². The Morgan fingerprint density at radius 3 is 2.33 bits per heavy atom. The number of carbonyl (C=O) groups excluding carboxylic acids is 2. The Kier molecular flexibility index (Phi) is 6.26.